The Hall–Kier alpha value is -2.76. The number of benzene rings is 3. The van der Waals surface area contributed by atoms with Crippen molar-refractivity contribution in [2.75, 3.05) is 27.1 Å². The number of carbonyl (C=O) groups is 2. The number of hydrogen-bond acceptors (Lipinski definition) is 7. The van der Waals surface area contributed by atoms with Gasteiger partial charge >= 0.3 is 63.3 Å². The van der Waals surface area contributed by atoms with Gasteiger partial charge in [-0.05, 0) is 53.4 Å². The van der Waals surface area contributed by atoms with E-state index in [0.29, 0.717) is 35.2 Å². The van der Waals surface area contributed by atoms with Crippen LogP contribution in [0, 0.1) is 5.92 Å². The molecule has 2 aliphatic rings. The molecule has 3 aromatic rings. The maximum atomic E-state index is 13.0. The Kier molecular flexibility index (Phi) is 9.45. The Morgan fingerprint density at radius 1 is 0.897 bits per heavy atom. The van der Waals surface area contributed by atoms with Gasteiger partial charge in [-0.25, -0.2) is 4.79 Å². The van der Waals surface area contributed by atoms with Crippen LogP contribution in [0.1, 0.15) is 48.9 Å². The van der Waals surface area contributed by atoms with Crippen LogP contribution >= 0.6 is 0 Å². The largest absolute Gasteiger partial charge is 1.00 e. The molecule has 39 heavy (non-hydrogen) atoms. The van der Waals surface area contributed by atoms with Gasteiger partial charge in [0.2, 0.25) is 6.79 Å². The van der Waals surface area contributed by atoms with Crippen molar-refractivity contribution >= 4 is 11.9 Å². The van der Waals surface area contributed by atoms with Gasteiger partial charge < -0.3 is 35.3 Å². The van der Waals surface area contributed by atoms with Gasteiger partial charge in [-0.3, -0.25) is 4.79 Å². The fourth-order valence-electron chi connectivity index (χ4n) is 5.30. The van der Waals surface area contributed by atoms with Crippen molar-refractivity contribution < 1.29 is 96.3 Å². The van der Waals surface area contributed by atoms with Crippen LogP contribution in [0.4, 0.5) is 0 Å². The number of ether oxygens (including phenoxy) is 5. The molecule has 0 amide bonds. The number of fused-ring (bicyclic) bond motifs is 2. The molecule has 0 aromatic heterocycles. The summed E-state index contributed by atoms with van der Waals surface area (Å²) in [6.07, 6.45) is 0.823. The van der Waals surface area contributed by atoms with Crippen molar-refractivity contribution in [3.8, 4) is 28.7 Å². The quantitative estimate of drug-likeness (QED) is 0.358. The topological polar surface area (TPSA) is 121 Å². The zero-order chi connectivity index (χ0) is 26.8. The van der Waals surface area contributed by atoms with E-state index in [0.717, 1.165) is 23.1 Å². The monoisotopic (exact) mass is 560 g/mol. The predicted molar refractivity (Wildman–Crippen MR) is 137 cm³/mol. The molecule has 0 spiro atoms. The van der Waals surface area contributed by atoms with Gasteiger partial charge in [0.05, 0.1) is 19.6 Å². The normalized spacial score (nSPS) is 18.6. The standard InChI is InChI=1S/C29H28O9.K.H/c1-3-10-35-18-6-7-19-21(12-18)27(20-8-5-17(34-2)13-23(20)36-14-25(30)31)28(29(32)33)26(19)16-4-9-22-24(11-16)38-15-37-22;;/h4-9,11-13,26-28H,3,10,14-15H2,1-2H3,(H,30,31)(H,32,33);;/q;+1;-1/t26-,27+,28+;;/m0../s1. The van der Waals surface area contributed by atoms with Crippen molar-refractivity contribution in [1.29, 1.82) is 0 Å². The first-order chi connectivity index (χ1) is 18.4. The summed E-state index contributed by atoms with van der Waals surface area (Å²) in [5.74, 6) is -1.72. The smallest absolute Gasteiger partial charge is 1.00 e. The molecule has 1 aliphatic heterocycles. The Labute approximate surface area is 269 Å². The van der Waals surface area contributed by atoms with Crippen molar-refractivity contribution in [2.24, 2.45) is 5.92 Å². The minimum absolute atomic E-state index is 0. The molecule has 2 N–H and O–H groups in total. The summed E-state index contributed by atoms with van der Waals surface area (Å²) in [7, 11) is 1.49. The van der Waals surface area contributed by atoms with E-state index in [1.54, 1.807) is 24.3 Å². The first kappa shape index (κ1) is 29.2. The molecule has 1 aliphatic carbocycles. The van der Waals surface area contributed by atoms with Gasteiger partial charge in [-0.2, -0.15) is 0 Å². The van der Waals surface area contributed by atoms with E-state index in [1.165, 1.54) is 7.11 Å². The van der Waals surface area contributed by atoms with Crippen molar-refractivity contribution in [1.82, 2.24) is 0 Å². The average molecular weight is 561 g/mol. The van der Waals surface area contributed by atoms with E-state index in [4.69, 9.17) is 23.7 Å². The summed E-state index contributed by atoms with van der Waals surface area (Å²) < 4.78 is 27.9. The van der Waals surface area contributed by atoms with Crippen LogP contribution in [-0.2, 0) is 9.59 Å². The van der Waals surface area contributed by atoms with E-state index < -0.39 is 36.3 Å². The zero-order valence-corrected chi connectivity index (χ0v) is 25.1. The van der Waals surface area contributed by atoms with Crippen LogP contribution in [0.3, 0.4) is 0 Å². The molecule has 0 unspecified atom stereocenters. The molecule has 3 atom stereocenters. The van der Waals surface area contributed by atoms with Crippen molar-refractivity contribution in [2.45, 2.75) is 25.2 Å². The fourth-order valence-corrected chi connectivity index (χ4v) is 5.30. The van der Waals surface area contributed by atoms with Crippen LogP contribution in [0.5, 0.6) is 28.7 Å². The Morgan fingerprint density at radius 2 is 1.64 bits per heavy atom. The second-order valence-electron chi connectivity index (χ2n) is 9.16. The molecule has 10 heteroatoms. The molecule has 9 nitrogen and oxygen atoms in total. The van der Waals surface area contributed by atoms with Crippen LogP contribution in [0.2, 0.25) is 0 Å². The third-order valence-electron chi connectivity index (χ3n) is 6.87. The summed E-state index contributed by atoms with van der Waals surface area (Å²) in [5.41, 5.74) is 2.94. The molecule has 0 saturated carbocycles. The van der Waals surface area contributed by atoms with E-state index >= 15 is 0 Å². The molecule has 3 aromatic carbocycles. The Bertz CT molecular complexity index is 1380. The molecule has 200 valence electrons. The molecule has 5 rings (SSSR count). The van der Waals surface area contributed by atoms with Gasteiger partial charge in [-0.1, -0.05) is 25.1 Å². The maximum absolute atomic E-state index is 13.0. The second kappa shape index (κ2) is 12.6. The van der Waals surface area contributed by atoms with E-state index in [-0.39, 0.29) is 65.4 Å². The number of hydrogen-bond donors (Lipinski definition) is 2. The molecule has 0 fully saturated rings. The van der Waals surface area contributed by atoms with Crippen molar-refractivity contribution in [3.05, 3.63) is 76.9 Å². The Morgan fingerprint density at radius 3 is 2.36 bits per heavy atom. The molecule has 1 heterocycles. The predicted octanol–water partition coefficient (Wildman–Crippen LogP) is 1.77. The first-order valence-corrected chi connectivity index (χ1v) is 12.3. The number of rotatable bonds is 10. The summed E-state index contributed by atoms with van der Waals surface area (Å²) in [6, 6.07) is 16.2. The number of carboxylic acids is 2. The second-order valence-corrected chi connectivity index (χ2v) is 9.16. The van der Waals surface area contributed by atoms with Gasteiger partial charge in [0.1, 0.15) is 17.2 Å². The SMILES string of the molecule is CCCOc1ccc2c(c1)[C@@H](c1ccc(OC)cc1OCC(=O)O)[C@H](C(=O)O)[C@H]2c1ccc2c(c1)OCO2.[H-].[K+]. The van der Waals surface area contributed by atoms with Gasteiger partial charge in [-0.15, -0.1) is 0 Å². The van der Waals surface area contributed by atoms with Crippen LogP contribution in [0.25, 0.3) is 0 Å². The summed E-state index contributed by atoms with van der Waals surface area (Å²) in [6.45, 7) is 2.06. The van der Waals surface area contributed by atoms with Crippen molar-refractivity contribution in [3.63, 3.8) is 0 Å². The molecular formula is C29H29KO9. The van der Waals surface area contributed by atoms with Gasteiger partial charge in [0.15, 0.2) is 18.1 Å². The number of methoxy groups -OCH3 is 1. The minimum Gasteiger partial charge on any atom is -1.00 e. The van der Waals surface area contributed by atoms with Crippen LogP contribution in [0.15, 0.2) is 54.6 Å². The maximum Gasteiger partial charge on any atom is 1.00 e. The summed E-state index contributed by atoms with van der Waals surface area (Å²) in [4.78, 5) is 24.3. The zero-order valence-electron chi connectivity index (χ0n) is 23.0. The average Bonchev–Trinajstić information content (AvgIpc) is 3.52. The third-order valence-corrected chi connectivity index (χ3v) is 6.87. The first-order valence-electron chi connectivity index (χ1n) is 12.3. The van der Waals surface area contributed by atoms with Gasteiger partial charge in [0, 0.05) is 23.5 Å². The molecule has 0 bridgehead atoms. The molecule has 0 saturated heterocycles. The van der Waals surface area contributed by atoms with Crippen LogP contribution in [-0.4, -0.2) is 49.3 Å². The minimum atomic E-state index is -1.14. The van der Waals surface area contributed by atoms with E-state index in [2.05, 4.69) is 0 Å². The number of aliphatic carboxylic acids is 2. The van der Waals surface area contributed by atoms with E-state index in [1.807, 2.05) is 37.3 Å². The third kappa shape index (κ3) is 5.90. The number of carboxylic acid groups (broad SMARTS) is 2. The molecular weight excluding hydrogens is 531 g/mol. The Balaban J connectivity index is 0.00000220. The summed E-state index contributed by atoms with van der Waals surface area (Å²) in [5, 5.41) is 19.9. The van der Waals surface area contributed by atoms with Crippen LogP contribution < -0.4 is 75.1 Å². The van der Waals surface area contributed by atoms with E-state index in [9.17, 15) is 19.8 Å². The fraction of sp³-hybridized carbons (Fsp3) is 0.310. The summed E-state index contributed by atoms with van der Waals surface area (Å²) >= 11 is 0. The van der Waals surface area contributed by atoms with Gasteiger partial charge in [0.25, 0.3) is 0 Å². The molecule has 0 radical (unpaired) electrons.